The van der Waals surface area contributed by atoms with Gasteiger partial charge in [0.15, 0.2) is 5.65 Å². The molecule has 86 valence electrons. The van der Waals surface area contributed by atoms with Crippen LogP contribution in [-0.4, -0.2) is 26.2 Å². The number of aromatic nitrogens is 4. The van der Waals surface area contributed by atoms with Gasteiger partial charge in [-0.2, -0.15) is 18.4 Å². The summed E-state index contributed by atoms with van der Waals surface area (Å²) in [6.07, 6.45) is -2.72. The summed E-state index contributed by atoms with van der Waals surface area (Å²) in [5, 5.41) is 10.4. The monoisotopic (exact) mass is 234 g/mol. The van der Waals surface area contributed by atoms with Crippen molar-refractivity contribution >= 4 is 5.65 Å². The molecule has 0 spiro atoms. The standard InChI is InChI=1S/C8H6F4N4/c1-4-2-5(8(11,12)7(9)10)15-16-3-13-14-6(4)16/h2-3,7H,1H3. The van der Waals surface area contributed by atoms with Crippen molar-refractivity contribution in [3.05, 3.63) is 23.7 Å². The summed E-state index contributed by atoms with van der Waals surface area (Å²) in [5.41, 5.74) is -0.427. The normalized spacial score (nSPS) is 12.6. The van der Waals surface area contributed by atoms with Gasteiger partial charge in [-0.15, -0.1) is 10.2 Å². The predicted octanol–water partition coefficient (Wildman–Crippen LogP) is 1.79. The van der Waals surface area contributed by atoms with Crippen molar-refractivity contribution in [2.75, 3.05) is 0 Å². The molecule has 4 nitrogen and oxygen atoms in total. The zero-order chi connectivity index (χ0) is 11.9. The number of halogens is 4. The lowest BCUT2D eigenvalue weighted by Crippen LogP contribution is -2.26. The van der Waals surface area contributed by atoms with Crippen molar-refractivity contribution in [2.45, 2.75) is 19.3 Å². The van der Waals surface area contributed by atoms with E-state index < -0.39 is 18.0 Å². The third-order valence-corrected chi connectivity index (χ3v) is 2.07. The lowest BCUT2D eigenvalue weighted by Gasteiger charge is -2.14. The minimum Gasteiger partial charge on any atom is -0.203 e. The van der Waals surface area contributed by atoms with Gasteiger partial charge in [-0.05, 0) is 18.6 Å². The van der Waals surface area contributed by atoms with E-state index in [1.807, 2.05) is 0 Å². The minimum atomic E-state index is -4.27. The lowest BCUT2D eigenvalue weighted by atomic mass is 10.2. The van der Waals surface area contributed by atoms with E-state index in [4.69, 9.17) is 0 Å². The van der Waals surface area contributed by atoms with Gasteiger partial charge in [0.1, 0.15) is 12.0 Å². The molecule has 0 aliphatic heterocycles. The molecular weight excluding hydrogens is 228 g/mol. The van der Waals surface area contributed by atoms with E-state index in [9.17, 15) is 17.6 Å². The molecule has 0 amide bonds. The van der Waals surface area contributed by atoms with E-state index in [0.29, 0.717) is 5.56 Å². The quantitative estimate of drug-likeness (QED) is 0.744. The third-order valence-electron chi connectivity index (χ3n) is 2.07. The summed E-state index contributed by atoms with van der Waals surface area (Å²) >= 11 is 0. The summed E-state index contributed by atoms with van der Waals surface area (Å²) in [5.74, 6) is -4.27. The molecule has 0 unspecified atom stereocenters. The first-order chi connectivity index (χ1) is 7.43. The zero-order valence-electron chi connectivity index (χ0n) is 8.03. The zero-order valence-corrected chi connectivity index (χ0v) is 8.03. The van der Waals surface area contributed by atoms with Crippen molar-refractivity contribution in [3.8, 4) is 0 Å². The van der Waals surface area contributed by atoms with Crippen LogP contribution in [0.5, 0.6) is 0 Å². The van der Waals surface area contributed by atoms with Gasteiger partial charge in [-0.1, -0.05) is 0 Å². The van der Waals surface area contributed by atoms with Crippen LogP contribution in [0.15, 0.2) is 12.4 Å². The van der Waals surface area contributed by atoms with E-state index in [-0.39, 0.29) is 5.65 Å². The molecule has 2 aromatic rings. The van der Waals surface area contributed by atoms with Crippen molar-refractivity contribution in [1.82, 2.24) is 19.8 Å². The fourth-order valence-corrected chi connectivity index (χ4v) is 1.25. The summed E-state index contributed by atoms with van der Waals surface area (Å²) < 4.78 is 51.2. The maximum atomic E-state index is 13.0. The van der Waals surface area contributed by atoms with Gasteiger partial charge in [-0.3, -0.25) is 0 Å². The van der Waals surface area contributed by atoms with E-state index >= 15 is 0 Å². The second kappa shape index (κ2) is 3.39. The van der Waals surface area contributed by atoms with E-state index in [1.54, 1.807) is 0 Å². The fraction of sp³-hybridized carbons (Fsp3) is 0.375. The van der Waals surface area contributed by atoms with Crippen molar-refractivity contribution in [3.63, 3.8) is 0 Å². The third kappa shape index (κ3) is 1.50. The number of fused-ring (bicyclic) bond motifs is 1. The van der Waals surface area contributed by atoms with E-state index in [2.05, 4.69) is 15.3 Å². The Kier molecular flexibility index (Phi) is 2.28. The van der Waals surface area contributed by atoms with Gasteiger partial charge >= 0.3 is 12.3 Å². The Bertz CT molecular complexity index is 522. The van der Waals surface area contributed by atoms with E-state index in [1.165, 1.54) is 6.92 Å². The van der Waals surface area contributed by atoms with Crippen molar-refractivity contribution < 1.29 is 17.6 Å². The highest BCUT2D eigenvalue weighted by atomic mass is 19.3. The summed E-state index contributed by atoms with van der Waals surface area (Å²) in [6.45, 7) is 1.47. The van der Waals surface area contributed by atoms with Crippen LogP contribution in [0.1, 0.15) is 11.3 Å². The molecule has 0 fully saturated rings. The first-order valence-corrected chi connectivity index (χ1v) is 4.27. The van der Waals surface area contributed by atoms with Crippen molar-refractivity contribution in [1.29, 1.82) is 0 Å². The molecule has 0 aromatic carbocycles. The van der Waals surface area contributed by atoms with Gasteiger partial charge in [0, 0.05) is 0 Å². The van der Waals surface area contributed by atoms with Gasteiger partial charge < -0.3 is 0 Å². The highest BCUT2D eigenvalue weighted by Gasteiger charge is 2.44. The second-order valence-corrected chi connectivity index (χ2v) is 3.24. The molecular formula is C8H6F4N4. The minimum absolute atomic E-state index is 0.258. The first-order valence-electron chi connectivity index (χ1n) is 4.27. The summed E-state index contributed by atoms with van der Waals surface area (Å²) in [6, 6.07) is 0.885. The molecule has 0 saturated heterocycles. The number of hydrogen-bond acceptors (Lipinski definition) is 3. The molecule has 8 heteroatoms. The SMILES string of the molecule is Cc1cc(C(F)(F)C(F)F)nn2cnnc12. The van der Waals surface area contributed by atoms with Gasteiger partial charge in [0.2, 0.25) is 0 Å². The van der Waals surface area contributed by atoms with Crippen molar-refractivity contribution in [2.24, 2.45) is 0 Å². The van der Waals surface area contributed by atoms with E-state index in [0.717, 1.165) is 16.9 Å². The lowest BCUT2D eigenvalue weighted by molar-refractivity contribution is -0.138. The molecule has 2 rings (SSSR count). The topological polar surface area (TPSA) is 43.1 Å². The smallest absolute Gasteiger partial charge is 0.203 e. The number of aryl methyl sites for hydroxylation is 1. The van der Waals surface area contributed by atoms with Gasteiger partial charge in [-0.25, -0.2) is 8.78 Å². The van der Waals surface area contributed by atoms with Crippen LogP contribution >= 0.6 is 0 Å². The highest BCUT2D eigenvalue weighted by molar-refractivity contribution is 5.45. The van der Waals surface area contributed by atoms with Crippen LogP contribution in [0.25, 0.3) is 5.65 Å². The molecule has 2 aromatic heterocycles. The molecule has 0 aliphatic rings. The number of rotatable bonds is 2. The molecule has 0 saturated carbocycles. The summed E-state index contributed by atoms with van der Waals surface area (Å²) in [7, 11) is 0. The van der Waals surface area contributed by atoms with Gasteiger partial charge in [0.25, 0.3) is 0 Å². The predicted molar refractivity (Wildman–Crippen MR) is 45.4 cm³/mol. The largest absolute Gasteiger partial charge is 0.350 e. The molecule has 0 bridgehead atoms. The molecule has 2 heterocycles. The average molecular weight is 234 g/mol. The Morgan fingerprint density at radius 3 is 2.69 bits per heavy atom. The van der Waals surface area contributed by atoms with Crippen LogP contribution in [0.4, 0.5) is 17.6 Å². The Morgan fingerprint density at radius 2 is 2.06 bits per heavy atom. The Labute approximate surface area is 86.9 Å². The maximum Gasteiger partial charge on any atom is 0.350 e. The Morgan fingerprint density at radius 1 is 1.38 bits per heavy atom. The Hall–Kier alpha value is -1.73. The molecule has 0 atom stereocenters. The highest BCUT2D eigenvalue weighted by Crippen LogP contribution is 2.33. The molecule has 0 aliphatic carbocycles. The number of hydrogen-bond donors (Lipinski definition) is 0. The molecule has 0 radical (unpaired) electrons. The summed E-state index contributed by atoms with van der Waals surface area (Å²) in [4.78, 5) is 0. The van der Waals surface area contributed by atoms with Gasteiger partial charge in [0.05, 0.1) is 0 Å². The molecule has 16 heavy (non-hydrogen) atoms. The van der Waals surface area contributed by atoms with Crippen LogP contribution in [0.2, 0.25) is 0 Å². The second-order valence-electron chi connectivity index (χ2n) is 3.24. The average Bonchev–Trinajstić information content (AvgIpc) is 2.65. The van der Waals surface area contributed by atoms with Crippen LogP contribution < -0.4 is 0 Å². The number of nitrogens with zero attached hydrogens (tertiary/aromatic N) is 4. The van der Waals surface area contributed by atoms with Crippen LogP contribution in [0.3, 0.4) is 0 Å². The maximum absolute atomic E-state index is 13.0. The first kappa shape index (κ1) is 10.8. The fourth-order valence-electron chi connectivity index (χ4n) is 1.25. The van der Waals surface area contributed by atoms with Crippen LogP contribution in [-0.2, 0) is 5.92 Å². The number of alkyl halides is 4. The molecule has 0 N–H and O–H groups in total. The van der Waals surface area contributed by atoms with Crippen LogP contribution in [0, 0.1) is 6.92 Å². The Balaban J connectivity index is 2.62.